The molecule has 0 radical (unpaired) electrons. The molecular formula is C27H36NO8P. The smallest absolute Gasteiger partial charge is 0.344 e. The van der Waals surface area contributed by atoms with Gasteiger partial charge in [0.05, 0.1) is 32.6 Å². The molecule has 10 heteroatoms. The highest BCUT2D eigenvalue weighted by Gasteiger charge is 2.50. The first kappa shape index (κ1) is 30.2. The lowest BCUT2D eigenvalue weighted by atomic mass is 9.88. The van der Waals surface area contributed by atoms with Gasteiger partial charge in [-0.1, -0.05) is 48.5 Å². The van der Waals surface area contributed by atoms with Gasteiger partial charge < -0.3 is 23.8 Å². The van der Waals surface area contributed by atoms with Crippen molar-refractivity contribution >= 4 is 25.4 Å². The third-order valence-electron chi connectivity index (χ3n) is 5.38. The number of amides is 1. The van der Waals surface area contributed by atoms with Crippen molar-refractivity contribution in [1.29, 1.82) is 0 Å². The van der Waals surface area contributed by atoms with Crippen molar-refractivity contribution in [3.8, 4) is 11.1 Å². The number of hydrogen-bond donors (Lipinski definition) is 1. The maximum atomic E-state index is 13.2. The van der Waals surface area contributed by atoms with Crippen LogP contribution in [0, 0.1) is 0 Å². The van der Waals surface area contributed by atoms with Crippen LogP contribution in [0.1, 0.15) is 45.7 Å². The highest BCUT2D eigenvalue weighted by atomic mass is 31.2. The Bertz CT molecular complexity index is 1100. The molecule has 0 spiro atoms. The third-order valence-corrected chi connectivity index (χ3v) is 7.41. The summed E-state index contributed by atoms with van der Waals surface area (Å²) in [6, 6.07) is 14.6. The fraction of sp³-hybridized carbons (Fsp3) is 0.444. The summed E-state index contributed by atoms with van der Waals surface area (Å²) in [4.78, 5) is 38.1. The van der Waals surface area contributed by atoms with E-state index in [9.17, 15) is 18.9 Å². The molecule has 0 unspecified atom stereocenters. The van der Waals surface area contributed by atoms with Crippen molar-refractivity contribution < 1.29 is 37.5 Å². The summed E-state index contributed by atoms with van der Waals surface area (Å²) >= 11 is 0. The molecule has 0 aliphatic heterocycles. The van der Waals surface area contributed by atoms with E-state index in [0.29, 0.717) is 5.56 Å². The summed E-state index contributed by atoms with van der Waals surface area (Å²) in [6.45, 7) is 8.51. The Kier molecular flexibility index (Phi) is 11.5. The molecule has 0 aliphatic carbocycles. The Morgan fingerprint density at radius 3 is 1.97 bits per heavy atom. The largest absolute Gasteiger partial charge is 0.464 e. The third kappa shape index (κ3) is 7.99. The predicted molar refractivity (Wildman–Crippen MR) is 140 cm³/mol. The second kappa shape index (κ2) is 14.1. The van der Waals surface area contributed by atoms with Crippen molar-refractivity contribution in [2.45, 2.75) is 52.7 Å². The molecule has 2 aromatic rings. The minimum Gasteiger partial charge on any atom is -0.464 e. The van der Waals surface area contributed by atoms with Crippen LogP contribution in [0.25, 0.3) is 11.1 Å². The molecule has 0 aromatic heterocycles. The normalized spacial score (nSPS) is 11.6. The van der Waals surface area contributed by atoms with Crippen LogP contribution in [0.2, 0.25) is 0 Å². The first-order valence-electron chi connectivity index (χ1n) is 12.3. The summed E-state index contributed by atoms with van der Waals surface area (Å²) in [7, 11) is -3.36. The number of esters is 2. The fourth-order valence-corrected chi connectivity index (χ4v) is 5.75. The SMILES string of the molecule is CCOC(=O)C(Cc1cccc(-c2ccccc2CP(=O)(OCC)OCC)c1)(NC(C)=O)C(=O)OCC. The molecule has 1 N–H and O–H groups in total. The maximum Gasteiger partial charge on any atom is 0.344 e. The van der Waals surface area contributed by atoms with E-state index in [1.807, 2.05) is 30.3 Å². The lowest BCUT2D eigenvalue weighted by molar-refractivity contribution is -0.168. The van der Waals surface area contributed by atoms with Gasteiger partial charge in [-0.2, -0.15) is 0 Å². The van der Waals surface area contributed by atoms with Gasteiger partial charge in [0.2, 0.25) is 11.4 Å². The number of carbonyl (C=O) groups excluding carboxylic acids is 3. The van der Waals surface area contributed by atoms with Crippen molar-refractivity contribution in [1.82, 2.24) is 5.32 Å². The van der Waals surface area contributed by atoms with Gasteiger partial charge in [-0.25, -0.2) is 9.59 Å². The molecule has 0 aliphatic rings. The number of carbonyl (C=O) groups is 3. The van der Waals surface area contributed by atoms with Crippen LogP contribution in [0.15, 0.2) is 48.5 Å². The maximum absolute atomic E-state index is 13.2. The summed E-state index contributed by atoms with van der Waals surface area (Å²) in [5, 5.41) is 2.48. The zero-order chi connectivity index (χ0) is 27.5. The van der Waals surface area contributed by atoms with Crippen LogP contribution < -0.4 is 5.32 Å². The van der Waals surface area contributed by atoms with Gasteiger partial charge in [-0.3, -0.25) is 9.36 Å². The first-order chi connectivity index (χ1) is 17.6. The molecule has 0 bridgehead atoms. The molecule has 37 heavy (non-hydrogen) atoms. The molecular weight excluding hydrogens is 497 g/mol. The van der Waals surface area contributed by atoms with Gasteiger partial charge in [-0.15, -0.1) is 0 Å². The average molecular weight is 534 g/mol. The van der Waals surface area contributed by atoms with E-state index in [4.69, 9.17) is 18.5 Å². The Balaban J connectivity index is 2.54. The fourth-order valence-electron chi connectivity index (χ4n) is 4.01. The standard InChI is InChI=1S/C27H36NO8P/c1-6-33-25(30)27(28-20(5)29,26(31)34-7-2)18-21-13-12-15-22(17-21)24-16-11-10-14-23(24)19-37(32,35-8-3)36-9-4/h10-17H,6-9,18-19H2,1-5H3,(H,28,29). The van der Waals surface area contributed by atoms with Crippen molar-refractivity contribution in [3.05, 3.63) is 59.7 Å². The monoisotopic (exact) mass is 533 g/mol. The second-order valence-corrected chi connectivity index (χ2v) is 10.2. The van der Waals surface area contributed by atoms with Crippen LogP contribution in [0.4, 0.5) is 0 Å². The van der Waals surface area contributed by atoms with Crippen molar-refractivity contribution in [2.75, 3.05) is 26.4 Å². The Morgan fingerprint density at radius 1 is 0.838 bits per heavy atom. The number of ether oxygens (including phenoxy) is 2. The first-order valence-corrected chi connectivity index (χ1v) is 14.1. The number of rotatable bonds is 14. The number of nitrogens with one attached hydrogen (secondary N) is 1. The van der Waals surface area contributed by atoms with E-state index in [0.717, 1.165) is 16.7 Å². The number of benzene rings is 2. The lowest BCUT2D eigenvalue weighted by Crippen LogP contribution is -2.62. The predicted octanol–water partition coefficient (Wildman–Crippen LogP) is 4.66. The molecule has 202 valence electrons. The second-order valence-electron chi connectivity index (χ2n) is 8.17. The minimum absolute atomic E-state index is 0.0205. The van der Waals surface area contributed by atoms with Crippen LogP contribution in [0.5, 0.6) is 0 Å². The van der Waals surface area contributed by atoms with Crippen LogP contribution in [-0.4, -0.2) is 49.8 Å². The summed E-state index contributed by atoms with van der Waals surface area (Å²) in [5.41, 5.74) is 0.850. The Morgan fingerprint density at radius 2 is 1.43 bits per heavy atom. The molecule has 1 amide bonds. The minimum atomic E-state index is -3.36. The quantitative estimate of drug-likeness (QED) is 0.212. The van der Waals surface area contributed by atoms with Gasteiger partial charge in [0.1, 0.15) is 0 Å². The lowest BCUT2D eigenvalue weighted by Gasteiger charge is -2.30. The van der Waals surface area contributed by atoms with E-state index >= 15 is 0 Å². The zero-order valence-corrected chi connectivity index (χ0v) is 23.0. The van der Waals surface area contributed by atoms with E-state index in [-0.39, 0.29) is 39.0 Å². The summed E-state index contributed by atoms with van der Waals surface area (Å²) < 4.78 is 34.5. The average Bonchev–Trinajstić information content (AvgIpc) is 2.84. The zero-order valence-electron chi connectivity index (χ0n) is 22.1. The molecule has 2 rings (SSSR count). The van der Waals surface area contributed by atoms with Crippen LogP contribution >= 0.6 is 7.60 Å². The summed E-state index contributed by atoms with van der Waals surface area (Å²) in [6.07, 6.45) is -0.104. The van der Waals surface area contributed by atoms with E-state index in [1.165, 1.54) is 6.92 Å². The van der Waals surface area contributed by atoms with E-state index in [1.54, 1.807) is 45.9 Å². The van der Waals surface area contributed by atoms with E-state index in [2.05, 4.69) is 5.32 Å². The molecule has 0 saturated carbocycles. The van der Waals surface area contributed by atoms with Gasteiger partial charge in [0.15, 0.2) is 0 Å². The Labute approximate surface area is 218 Å². The molecule has 0 fully saturated rings. The van der Waals surface area contributed by atoms with Gasteiger partial charge in [0.25, 0.3) is 0 Å². The molecule has 2 aromatic carbocycles. The molecule has 0 atom stereocenters. The summed E-state index contributed by atoms with van der Waals surface area (Å²) in [5.74, 6) is -2.38. The molecule has 0 heterocycles. The van der Waals surface area contributed by atoms with Gasteiger partial charge in [0, 0.05) is 13.3 Å². The van der Waals surface area contributed by atoms with E-state index < -0.39 is 31.0 Å². The highest BCUT2D eigenvalue weighted by Crippen LogP contribution is 2.52. The van der Waals surface area contributed by atoms with Crippen molar-refractivity contribution in [2.24, 2.45) is 0 Å². The molecule has 0 saturated heterocycles. The number of hydrogen-bond acceptors (Lipinski definition) is 8. The van der Waals surface area contributed by atoms with Gasteiger partial charge >= 0.3 is 19.5 Å². The van der Waals surface area contributed by atoms with Crippen LogP contribution in [-0.2, 0) is 50.1 Å². The topological polar surface area (TPSA) is 117 Å². The van der Waals surface area contributed by atoms with Crippen LogP contribution in [0.3, 0.4) is 0 Å². The molecule has 9 nitrogen and oxygen atoms in total. The van der Waals surface area contributed by atoms with Crippen molar-refractivity contribution in [3.63, 3.8) is 0 Å². The highest BCUT2D eigenvalue weighted by molar-refractivity contribution is 7.53. The van der Waals surface area contributed by atoms with Gasteiger partial charge in [-0.05, 0) is 49.9 Å². The Hall–Kier alpha value is -3.00.